The molecule has 2 aliphatic heterocycles. The van der Waals surface area contributed by atoms with Crippen molar-refractivity contribution in [3.05, 3.63) is 42.5 Å². The maximum atomic E-state index is 11.8. The first-order valence-corrected chi connectivity index (χ1v) is 12.5. The van der Waals surface area contributed by atoms with Crippen LogP contribution in [0.1, 0.15) is 13.8 Å². The molecule has 0 aromatic heterocycles. The minimum absolute atomic E-state index is 0.390. The second-order valence-electron chi connectivity index (χ2n) is 9.64. The van der Waals surface area contributed by atoms with Crippen molar-refractivity contribution < 1.29 is 54.1 Å². The van der Waals surface area contributed by atoms with E-state index in [-0.39, 0.29) is 0 Å². The lowest BCUT2D eigenvalue weighted by atomic mass is 9.96. The maximum Gasteiger partial charge on any atom is 0.223 e. The number of ether oxygens (including phenoxy) is 4. The number of aliphatic hydroxyl groups excluding tert-OH is 5. The molecule has 7 N–H and O–H groups in total. The fourth-order valence-electron chi connectivity index (χ4n) is 4.74. The van der Waals surface area contributed by atoms with Crippen LogP contribution in [0.2, 0.25) is 0 Å². The molecule has 2 aliphatic rings. The molecule has 0 aliphatic carbocycles. The highest BCUT2D eigenvalue weighted by atomic mass is 16.7. The van der Waals surface area contributed by atoms with Gasteiger partial charge in [-0.1, -0.05) is 30.3 Å². The fourth-order valence-corrected chi connectivity index (χ4v) is 4.74. The number of hydrogen-bond acceptors (Lipinski definition) is 11. The molecule has 13 heteroatoms. The Morgan fingerprint density at radius 3 is 1.97 bits per heavy atom. The highest BCUT2D eigenvalue weighted by Gasteiger charge is 2.49. The minimum atomic E-state index is -1.54. The Bertz CT molecular complexity index is 1150. The molecule has 214 valence electrons. The van der Waals surface area contributed by atoms with Gasteiger partial charge in [0.15, 0.2) is 6.29 Å². The number of fused-ring (bicyclic) bond motifs is 1. The fraction of sp³-hybridized carbons (Fsp3) is 0.538. The van der Waals surface area contributed by atoms with E-state index in [4.69, 9.17) is 18.9 Å². The van der Waals surface area contributed by atoms with Crippen molar-refractivity contribution in [3.8, 4) is 5.75 Å². The van der Waals surface area contributed by atoms with Crippen LogP contribution >= 0.6 is 0 Å². The van der Waals surface area contributed by atoms with Gasteiger partial charge in [0.05, 0.1) is 13.2 Å². The number of aliphatic hydroxyl groups is 5. The van der Waals surface area contributed by atoms with Crippen molar-refractivity contribution in [3.63, 3.8) is 0 Å². The summed E-state index contributed by atoms with van der Waals surface area (Å²) in [6.07, 6.45) is -11.1. The second kappa shape index (κ2) is 12.5. The highest BCUT2D eigenvalue weighted by molar-refractivity contribution is 5.83. The third kappa shape index (κ3) is 6.65. The van der Waals surface area contributed by atoms with E-state index in [2.05, 4.69) is 10.6 Å². The molecule has 0 radical (unpaired) electrons. The molecule has 4 rings (SSSR count). The summed E-state index contributed by atoms with van der Waals surface area (Å²) < 4.78 is 23.2. The Morgan fingerprint density at radius 1 is 0.795 bits per heavy atom. The first kappa shape index (κ1) is 29.1. The number of carbonyl (C=O) groups is 2. The topological polar surface area (TPSA) is 196 Å². The van der Waals surface area contributed by atoms with Crippen molar-refractivity contribution in [2.45, 2.75) is 75.1 Å². The molecule has 13 nitrogen and oxygen atoms in total. The molecule has 10 atom stereocenters. The molecule has 0 bridgehead atoms. The number of hydrogen-bond donors (Lipinski definition) is 7. The third-order valence-corrected chi connectivity index (χ3v) is 6.72. The van der Waals surface area contributed by atoms with E-state index in [0.717, 1.165) is 10.8 Å². The Balaban J connectivity index is 1.52. The molecule has 2 saturated heterocycles. The number of carbonyl (C=O) groups excluding carboxylic acids is 2. The van der Waals surface area contributed by atoms with E-state index in [1.54, 1.807) is 12.1 Å². The molecule has 2 amide bonds. The molecule has 0 unspecified atom stereocenters. The average Bonchev–Trinajstić information content (AvgIpc) is 2.90. The average molecular weight is 551 g/mol. The molecule has 2 aromatic rings. The highest BCUT2D eigenvalue weighted by Crippen LogP contribution is 2.28. The first-order chi connectivity index (χ1) is 18.6. The normalized spacial score (nSPS) is 34.8. The van der Waals surface area contributed by atoms with E-state index < -0.39 is 86.3 Å². The molecule has 2 heterocycles. The van der Waals surface area contributed by atoms with Crippen LogP contribution in [-0.2, 0) is 23.8 Å². The molecule has 0 spiro atoms. The minimum Gasteiger partial charge on any atom is -0.463 e. The van der Waals surface area contributed by atoms with Gasteiger partial charge in [-0.25, -0.2) is 0 Å². The molecule has 2 aromatic carbocycles. The standard InChI is InChI=1S/C26H34N2O11/c1-12(30)27-19-23(34)21(32)17(10-29)38-25(19)36-11-18-22(33)24(35)20(28-13(2)31)26(39-18)37-16-8-7-14-5-3-4-6-15(14)9-16/h3-9,17-26,29,32-35H,10-11H2,1-2H3,(H,27,30)(H,28,31)/t17-,18-,19-,20-,21-,22+,23-,24-,25-,26+/m1/s1. The lowest BCUT2D eigenvalue weighted by Gasteiger charge is -2.44. The second-order valence-corrected chi connectivity index (χ2v) is 9.64. The van der Waals surface area contributed by atoms with Gasteiger partial charge < -0.3 is 55.1 Å². The zero-order chi connectivity index (χ0) is 28.3. The molecular weight excluding hydrogens is 516 g/mol. The zero-order valence-corrected chi connectivity index (χ0v) is 21.4. The van der Waals surface area contributed by atoms with Gasteiger partial charge in [0.25, 0.3) is 0 Å². The zero-order valence-electron chi connectivity index (χ0n) is 21.4. The summed E-state index contributed by atoms with van der Waals surface area (Å²) in [5, 5.41) is 58.7. The lowest BCUT2D eigenvalue weighted by Crippen LogP contribution is -2.67. The Kier molecular flexibility index (Phi) is 9.35. The lowest BCUT2D eigenvalue weighted by molar-refractivity contribution is -0.295. The summed E-state index contributed by atoms with van der Waals surface area (Å²) in [6, 6.07) is 10.6. The van der Waals surface area contributed by atoms with Gasteiger partial charge >= 0.3 is 0 Å². The van der Waals surface area contributed by atoms with Gasteiger partial charge in [-0.2, -0.15) is 0 Å². The van der Waals surface area contributed by atoms with Crippen LogP contribution in [0.15, 0.2) is 42.5 Å². The summed E-state index contributed by atoms with van der Waals surface area (Å²) in [4.78, 5) is 23.5. The van der Waals surface area contributed by atoms with Gasteiger partial charge in [-0.05, 0) is 22.9 Å². The summed E-state index contributed by atoms with van der Waals surface area (Å²) in [7, 11) is 0. The Labute approximate surface area is 224 Å². The smallest absolute Gasteiger partial charge is 0.223 e. The van der Waals surface area contributed by atoms with Crippen molar-refractivity contribution >= 4 is 22.6 Å². The van der Waals surface area contributed by atoms with Crippen LogP contribution in [0.3, 0.4) is 0 Å². The van der Waals surface area contributed by atoms with Crippen LogP contribution in [0.25, 0.3) is 10.8 Å². The van der Waals surface area contributed by atoms with E-state index in [1.165, 1.54) is 13.8 Å². The number of benzene rings is 2. The van der Waals surface area contributed by atoms with Crippen molar-refractivity contribution in [1.29, 1.82) is 0 Å². The monoisotopic (exact) mass is 550 g/mol. The van der Waals surface area contributed by atoms with Crippen LogP contribution in [0, 0.1) is 0 Å². The van der Waals surface area contributed by atoms with Crippen LogP contribution in [-0.4, -0.2) is 112 Å². The first-order valence-electron chi connectivity index (χ1n) is 12.5. The van der Waals surface area contributed by atoms with Gasteiger partial charge in [-0.15, -0.1) is 0 Å². The Hall–Kier alpha value is -2.88. The maximum absolute atomic E-state index is 11.8. The Morgan fingerprint density at radius 2 is 1.36 bits per heavy atom. The summed E-state index contributed by atoms with van der Waals surface area (Å²) in [5.41, 5.74) is 0. The molecular formula is C26H34N2O11. The molecule has 39 heavy (non-hydrogen) atoms. The number of nitrogens with one attached hydrogen (secondary N) is 2. The number of rotatable bonds is 8. The van der Waals surface area contributed by atoms with Gasteiger partial charge in [-0.3, -0.25) is 9.59 Å². The van der Waals surface area contributed by atoms with E-state index in [0.29, 0.717) is 5.75 Å². The predicted octanol–water partition coefficient (Wildman–Crippen LogP) is -1.87. The van der Waals surface area contributed by atoms with Gasteiger partial charge in [0.2, 0.25) is 18.1 Å². The third-order valence-electron chi connectivity index (χ3n) is 6.72. The molecule has 0 saturated carbocycles. The van der Waals surface area contributed by atoms with E-state index in [9.17, 15) is 35.1 Å². The van der Waals surface area contributed by atoms with E-state index >= 15 is 0 Å². The van der Waals surface area contributed by atoms with Crippen molar-refractivity contribution in [1.82, 2.24) is 10.6 Å². The van der Waals surface area contributed by atoms with Gasteiger partial charge in [0.1, 0.15) is 54.5 Å². The SMILES string of the molecule is CC(=O)N[C@H]1[C@@H](Oc2ccc3ccccc3c2)O[C@H](CO[C@@H]2O[C@H](CO)[C@@H](O)[C@H](O)[C@H]2NC(C)=O)[C@H](O)[C@@H]1O. The van der Waals surface area contributed by atoms with Crippen molar-refractivity contribution in [2.75, 3.05) is 13.2 Å². The predicted molar refractivity (Wildman–Crippen MR) is 134 cm³/mol. The van der Waals surface area contributed by atoms with Crippen LogP contribution in [0.4, 0.5) is 0 Å². The number of amides is 2. The van der Waals surface area contributed by atoms with Crippen molar-refractivity contribution in [2.24, 2.45) is 0 Å². The van der Waals surface area contributed by atoms with Crippen LogP contribution in [0.5, 0.6) is 5.75 Å². The van der Waals surface area contributed by atoms with E-state index in [1.807, 2.05) is 30.3 Å². The summed E-state index contributed by atoms with van der Waals surface area (Å²) >= 11 is 0. The summed E-state index contributed by atoms with van der Waals surface area (Å²) in [5.74, 6) is -0.619. The largest absolute Gasteiger partial charge is 0.463 e. The molecule has 2 fully saturated rings. The summed E-state index contributed by atoms with van der Waals surface area (Å²) in [6.45, 7) is 1.41. The van der Waals surface area contributed by atoms with Crippen LogP contribution < -0.4 is 15.4 Å². The quantitative estimate of drug-likeness (QED) is 0.194. The van der Waals surface area contributed by atoms with Gasteiger partial charge in [0, 0.05) is 13.8 Å².